The summed E-state index contributed by atoms with van der Waals surface area (Å²) in [6, 6.07) is 1.91. The van der Waals surface area contributed by atoms with Gasteiger partial charge in [0, 0.05) is 24.5 Å². The van der Waals surface area contributed by atoms with E-state index in [2.05, 4.69) is 33.4 Å². The minimum Gasteiger partial charge on any atom is -0.272 e. The van der Waals surface area contributed by atoms with E-state index >= 15 is 0 Å². The van der Waals surface area contributed by atoms with Gasteiger partial charge in [0.2, 0.25) is 0 Å². The molecule has 4 heteroatoms. The molecule has 0 saturated heterocycles. The number of nitrogens with zero attached hydrogens (tertiary/aromatic N) is 4. The molecule has 0 unspecified atom stereocenters. The van der Waals surface area contributed by atoms with E-state index in [-0.39, 0.29) is 0 Å². The molecule has 0 N–H and O–H groups in total. The van der Waals surface area contributed by atoms with Crippen molar-refractivity contribution >= 4 is 0 Å². The van der Waals surface area contributed by atoms with Crippen LogP contribution < -0.4 is 0 Å². The Morgan fingerprint density at radius 3 is 2.79 bits per heavy atom. The fraction of sp³-hybridized carbons (Fsp3) is 0.400. The predicted octanol–water partition coefficient (Wildman–Crippen LogP) is 3.09. The SMILES string of the molecule is C1=CCCC(Cn2cc(-c3ccncn3)cn2)CC1. The standard InChI is InChI=1S/C15H18N4/c1-2-4-6-13(5-3-1)10-19-11-14(9-18-19)15-7-8-16-12-17-15/h1-2,7-9,11-13H,3-6,10H2. The minimum atomic E-state index is 0.730. The Morgan fingerprint density at radius 2 is 2.05 bits per heavy atom. The first-order chi connectivity index (χ1) is 9.42. The van der Waals surface area contributed by atoms with Gasteiger partial charge in [-0.15, -0.1) is 0 Å². The fourth-order valence-electron chi connectivity index (χ4n) is 2.55. The molecule has 0 aliphatic heterocycles. The topological polar surface area (TPSA) is 43.6 Å². The van der Waals surface area contributed by atoms with Gasteiger partial charge in [0.05, 0.1) is 11.9 Å². The van der Waals surface area contributed by atoms with E-state index in [1.807, 2.05) is 16.9 Å². The second-order valence-corrected chi connectivity index (χ2v) is 5.04. The van der Waals surface area contributed by atoms with Crippen LogP contribution in [0.5, 0.6) is 0 Å². The van der Waals surface area contributed by atoms with Crippen molar-refractivity contribution in [1.82, 2.24) is 19.7 Å². The Labute approximate surface area is 113 Å². The van der Waals surface area contributed by atoms with E-state index in [1.165, 1.54) is 25.7 Å². The number of hydrogen-bond acceptors (Lipinski definition) is 3. The van der Waals surface area contributed by atoms with Crippen LogP contribution in [-0.2, 0) is 6.54 Å². The smallest absolute Gasteiger partial charge is 0.116 e. The molecule has 2 heterocycles. The van der Waals surface area contributed by atoms with E-state index in [1.54, 1.807) is 12.5 Å². The molecule has 0 spiro atoms. The molecule has 4 nitrogen and oxygen atoms in total. The fourth-order valence-corrected chi connectivity index (χ4v) is 2.55. The van der Waals surface area contributed by atoms with Gasteiger partial charge < -0.3 is 0 Å². The van der Waals surface area contributed by atoms with E-state index in [4.69, 9.17) is 0 Å². The van der Waals surface area contributed by atoms with Crippen LogP contribution in [0.1, 0.15) is 25.7 Å². The van der Waals surface area contributed by atoms with Gasteiger partial charge in [0.1, 0.15) is 6.33 Å². The highest BCUT2D eigenvalue weighted by atomic mass is 15.3. The maximum atomic E-state index is 4.45. The van der Waals surface area contributed by atoms with E-state index in [0.717, 1.165) is 23.7 Å². The molecule has 0 aromatic carbocycles. The molecule has 2 aromatic heterocycles. The summed E-state index contributed by atoms with van der Waals surface area (Å²) in [7, 11) is 0. The summed E-state index contributed by atoms with van der Waals surface area (Å²) in [6.45, 7) is 1.01. The van der Waals surface area contributed by atoms with E-state index in [0.29, 0.717) is 0 Å². The highest BCUT2D eigenvalue weighted by Crippen LogP contribution is 2.21. The van der Waals surface area contributed by atoms with Crippen molar-refractivity contribution in [2.45, 2.75) is 32.2 Å². The highest BCUT2D eigenvalue weighted by Gasteiger charge is 2.11. The minimum absolute atomic E-state index is 0.730. The van der Waals surface area contributed by atoms with Crippen LogP contribution in [0.15, 0.2) is 43.1 Å². The lowest BCUT2D eigenvalue weighted by molar-refractivity contribution is 0.380. The zero-order valence-corrected chi connectivity index (χ0v) is 10.9. The summed E-state index contributed by atoms with van der Waals surface area (Å²) < 4.78 is 2.05. The van der Waals surface area contributed by atoms with Crippen LogP contribution in [-0.4, -0.2) is 19.7 Å². The Morgan fingerprint density at radius 1 is 1.21 bits per heavy atom. The normalized spacial score (nSPS) is 16.4. The lowest BCUT2D eigenvalue weighted by Gasteiger charge is -2.13. The average Bonchev–Trinajstić information content (AvgIpc) is 2.76. The summed E-state index contributed by atoms with van der Waals surface area (Å²) in [5, 5.41) is 4.45. The Bertz CT molecular complexity index is 534. The molecule has 0 radical (unpaired) electrons. The first-order valence-electron chi connectivity index (χ1n) is 6.85. The van der Waals surface area contributed by atoms with Gasteiger partial charge in [-0.05, 0) is 37.7 Å². The second kappa shape index (κ2) is 5.78. The second-order valence-electron chi connectivity index (χ2n) is 5.04. The quantitative estimate of drug-likeness (QED) is 0.790. The average molecular weight is 254 g/mol. The Hall–Kier alpha value is -1.97. The predicted molar refractivity (Wildman–Crippen MR) is 74.4 cm³/mol. The summed E-state index contributed by atoms with van der Waals surface area (Å²) in [5.41, 5.74) is 2.00. The van der Waals surface area contributed by atoms with Crippen LogP contribution in [0, 0.1) is 5.92 Å². The molecule has 2 aromatic rings. The third kappa shape index (κ3) is 3.08. The van der Waals surface area contributed by atoms with Gasteiger partial charge in [-0.1, -0.05) is 12.2 Å². The first-order valence-corrected chi connectivity index (χ1v) is 6.85. The molecule has 0 amide bonds. The molecule has 98 valence electrons. The van der Waals surface area contributed by atoms with Gasteiger partial charge in [-0.3, -0.25) is 4.68 Å². The van der Waals surface area contributed by atoms with Gasteiger partial charge in [-0.2, -0.15) is 5.10 Å². The van der Waals surface area contributed by atoms with Crippen LogP contribution in [0.2, 0.25) is 0 Å². The maximum absolute atomic E-state index is 4.45. The van der Waals surface area contributed by atoms with Crippen molar-refractivity contribution < 1.29 is 0 Å². The van der Waals surface area contributed by atoms with Crippen molar-refractivity contribution in [3.63, 3.8) is 0 Å². The molecule has 3 rings (SSSR count). The molecule has 1 aliphatic rings. The van der Waals surface area contributed by atoms with Gasteiger partial charge >= 0.3 is 0 Å². The first kappa shape index (κ1) is 12.1. The number of aromatic nitrogens is 4. The van der Waals surface area contributed by atoms with Crippen molar-refractivity contribution in [1.29, 1.82) is 0 Å². The van der Waals surface area contributed by atoms with Crippen LogP contribution in [0.4, 0.5) is 0 Å². The lowest BCUT2D eigenvalue weighted by Crippen LogP contribution is -2.10. The summed E-state index contributed by atoms with van der Waals surface area (Å²) in [6.07, 6.45) is 16.8. The zero-order chi connectivity index (χ0) is 12.9. The highest BCUT2D eigenvalue weighted by molar-refractivity contribution is 5.55. The zero-order valence-electron chi connectivity index (χ0n) is 10.9. The molecule has 0 bridgehead atoms. The summed E-state index contributed by atoms with van der Waals surface area (Å²) in [5.74, 6) is 0.730. The molecule has 0 saturated carbocycles. The van der Waals surface area contributed by atoms with Crippen LogP contribution >= 0.6 is 0 Å². The van der Waals surface area contributed by atoms with E-state index < -0.39 is 0 Å². The summed E-state index contributed by atoms with van der Waals surface area (Å²) >= 11 is 0. The number of rotatable bonds is 3. The lowest BCUT2D eigenvalue weighted by atomic mass is 10.0. The third-order valence-electron chi connectivity index (χ3n) is 3.61. The molecule has 0 fully saturated rings. The number of hydrogen-bond donors (Lipinski definition) is 0. The largest absolute Gasteiger partial charge is 0.272 e. The summed E-state index contributed by atoms with van der Waals surface area (Å²) in [4.78, 5) is 8.19. The molecule has 1 aliphatic carbocycles. The molecular formula is C15H18N4. The maximum Gasteiger partial charge on any atom is 0.116 e. The van der Waals surface area contributed by atoms with Crippen molar-refractivity contribution in [2.24, 2.45) is 5.92 Å². The van der Waals surface area contributed by atoms with Crippen LogP contribution in [0.3, 0.4) is 0 Å². The molecule has 19 heavy (non-hydrogen) atoms. The van der Waals surface area contributed by atoms with Gasteiger partial charge in [0.25, 0.3) is 0 Å². The van der Waals surface area contributed by atoms with Crippen molar-refractivity contribution in [2.75, 3.05) is 0 Å². The Kier molecular flexibility index (Phi) is 3.68. The van der Waals surface area contributed by atoms with Crippen molar-refractivity contribution in [3.8, 4) is 11.3 Å². The number of allylic oxidation sites excluding steroid dienone is 2. The molecular weight excluding hydrogens is 236 g/mol. The van der Waals surface area contributed by atoms with Crippen LogP contribution in [0.25, 0.3) is 11.3 Å². The monoisotopic (exact) mass is 254 g/mol. The van der Waals surface area contributed by atoms with E-state index in [9.17, 15) is 0 Å². The van der Waals surface area contributed by atoms with Crippen molar-refractivity contribution in [3.05, 3.63) is 43.1 Å². The Balaban J connectivity index is 1.68. The van der Waals surface area contributed by atoms with Gasteiger partial charge in [-0.25, -0.2) is 9.97 Å². The van der Waals surface area contributed by atoms with Gasteiger partial charge in [0.15, 0.2) is 0 Å². The third-order valence-corrected chi connectivity index (χ3v) is 3.61. The molecule has 0 atom stereocenters.